The molecule has 31 heavy (non-hydrogen) atoms. The van der Waals surface area contributed by atoms with Gasteiger partial charge in [-0.25, -0.2) is 5.43 Å². The van der Waals surface area contributed by atoms with Crippen LogP contribution in [0.2, 0.25) is 5.02 Å². The maximum Gasteiger partial charge on any atom is 0.289 e. The van der Waals surface area contributed by atoms with Crippen LogP contribution in [0, 0.1) is 10.1 Å². The molecule has 0 spiro atoms. The summed E-state index contributed by atoms with van der Waals surface area (Å²) in [4.78, 5) is 22.5. The number of rotatable bonds is 6. The first-order valence-electron chi connectivity index (χ1n) is 8.99. The van der Waals surface area contributed by atoms with E-state index in [0.29, 0.717) is 22.8 Å². The van der Waals surface area contributed by atoms with Gasteiger partial charge in [0.25, 0.3) is 11.6 Å². The Morgan fingerprint density at radius 3 is 2.71 bits per heavy atom. The van der Waals surface area contributed by atoms with Gasteiger partial charge >= 0.3 is 0 Å². The van der Waals surface area contributed by atoms with E-state index in [0.717, 1.165) is 5.56 Å². The number of hydrazone groups is 1. The van der Waals surface area contributed by atoms with Gasteiger partial charge in [0, 0.05) is 23.3 Å². The fraction of sp³-hybridized carbons (Fsp3) is 0. The van der Waals surface area contributed by atoms with E-state index in [1.54, 1.807) is 18.2 Å². The molecule has 2 aromatic heterocycles. The van der Waals surface area contributed by atoms with Crippen molar-refractivity contribution in [3.63, 3.8) is 0 Å². The number of amides is 1. The lowest BCUT2D eigenvalue weighted by Crippen LogP contribution is -2.17. The van der Waals surface area contributed by atoms with Gasteiger partial charge in [-0.2, -0.15) is 10.2 Å². The number of carbonyl (C=O) groups is 1. The Labute approximate surface area is 180 Å². The minimum atomic E-state index is -0.527. The zero-order valence-electron chi connectivity index (χ0n) is 15.8. The molecule has 0 saturated carbocycles. The van der Waals surface area contributed by atoms with Crippen molar-refractivity contribution in [1.82, 2.24) is 15.6 Å². The Hall–Kier alpha value is -4.24. The zero-order valence-corrected chi connectivity index (χ0v) is 16.5. The van der Waals surface area contributed by atoms with Crippen molar-refractivity contribution in [2.24, 2.45) is 5.10 Å². The molecule has 0 aliphatic carbocycles. The van der Waals surface area contributed by atoms with E-state index in [9.17, 15) is 14.9 Å². The number of non-ortho nitro benzene ring substituents is 1. The average Bonchev–Trinajstić information content (AvgIpc) is 3.44. The van der Waals surface area contributed by atoms with Crippen LogP contribution in [0.15, 0.2) is 76.2 Å². The molecule has 0 aliphatic heterocycles. The molecule has 2 N–H and O–H groups in total. The van der Waals surface area contributed by atoms with Crippen molar-refractivity contribution in [1.29, 1.82) is 0 Å². The van der Waals surface area contributed by atoms with Crippen LogP contribution in [0.25, 0.3) is 22.6 Å². The number of carbonyl (C=O) groups excluding carboxylic acids is 1. The van der Waals surface area contributed by atoms with Crippen LogP contribution in [-0.2, 0) is 0 Å². The standard InChI is InChI=1S/C21H14ClN5O4/c22-17-10-14(27(29)30)6-8-16(17)20-9-7-15(31-20)12-23-26-21(28)19-11-18(24-25-19)13-4-2-1-3-5-13/h1-12H,(H,24,25)(H,26,28)/b23-12+. The van der Waals surface area contributed by atoms with Crippen LogP contribution in [0.1, 0.15) is 16.2 Å². The number of nitro groups is 1. The number of nitro benzene ring substituents is 1. The van der Waals surface area contributed by atoms with Gasteiger partial charge in [-0.3, -0.25) is 20.0 Å². The summed E-state index contributed by atoms with van der Waals surface area (Å²) in [5, 5.41) is 21.7. The monoisotopic (exact) mass is 435 g/mol. The summed E-state index contributed by atoms with van der Waals surface area (Å²) in [6.07, 6.45) is 1.33. The highest BCUT2D eigenvalue weighted by atomic mass is 35.5. The number of hydrogen-bond acceptors (Lipinski definition) is 6. The van der Waals surface area contributed by atoms with Crippen LogP contribution >= 0.6 is 11.6 Å². The fourth-order valence-corrected chi connectivity index (χ4v) is 3.06. The van der Waals surface area contributed by atoms with E-state index in [4.69, 9.17) is 16.0 Å². The Morgan fingerprint density at radius 1 is 1.16 bits per heavy atom. The summed E-state index contributed by atoms with van der Waals surface area (Å²) in [5.41, 5.74) is 4.57. The Morgan fingerprint density at radius 2 is 1.97 bits per heavy atom. The third kappa shape index (κ3) is 4.51. The SMILES string of the molecule is O=C(N/N=C/c1ccc(-c2ccc([N+](=O)[O-])cc2Cl)o1)c1cc(-c2ccccc2)n[nH]1. The summed E-state index contributed by atoms with van der Waals surface area (Å²) in [7, 11) is 0. The van der Waals surface area contributed by atoms with Gasteiger partial charge in [0.1, 0.15) is 17.2 Å². The van der Waals surface area contributed by atoms with Gasteiger partial charge in [-0.05, 0) is 24.3 Å². The molecule has 0 fully saturated rings. The number of aromatic amines is 1. The van der Waals surface area contributed by atoms with E-state index in [-0.39, 0.29) is 16.4 Å². The van der Waals surface area contributed by atoms with Crippen LogP contribution in [0.5, 0.6) is 0 Å². The van der Waals surface area contributed by atoms with Gasteiger partial charge in [-0.1, -0.05) is 41.9 Å². The van der Waals surface area contributed by atoms with Gasteiger partial charge in [0.05, 0.1) is 21.9 Å². The number of hydrogen-bond donors (Lipinski definition) is 2. The summed E-state index contributed by atoms with van der Waals surface area (Å²) in [6.45, 7) is 0. The second kappa shape index (κ2) is 8.64. The molecule has 10 heteroatoms. The number of nitrogens with one attached hydrogen (secondary N) is 2. The van der Waals surface area contributed by atoms with Crippen LogP contribution in [0.3, 0.4) is 0 Å². The molecule has 0 radical (unpaired) electrons. The van der Waals surface area contributed by atoms with Crippen molar-refractivity contribution in [3.8, 4) is 22.6 Å². The third-order valence-electron chi connectivity index (χ3n) is 4.31. The largest absolute Gasteiger partial charge is 0.455 e. The van der Waals surface area contributed by atoms with Gasteiger partial charge < -0.3 is 4.42 Å². The minimum Gasteiger partial charge on any atom is -0.455 e. The van der Waals surface area contributed by atoms with Gasteiger partial charge in [0.2, 0.25) is 0 Å². The molecule has 0 aliphatic rings. The first-order chi connectivity index (χ1) is 15.0. The van der Waals surface area contributed by atoms with Crippen molar-refractivity contribution in [2.45, 2.75) is 0 Å². The second-order valence-electron chi connectivity index (χ2n) is 6.36. The molecular formula is C21H14ClN5O4. The van der Waals surface area contributed by atoms with Gasteiger partial charge in [0.15, 0.2) is 0 Å². The van der Waals surface area contributed by atoms with Crippen LogP contribution < -0.4 is 5.43 Å². The quantitative estimate of drug-likeness (QED) is 0.258. The third-order valence-corrected chi connectivity index (χ3v) is 4.62. The van der Waals surface area contributed by atoms with Crippen molar-refractivity contribution >= 4 is 29.4 Å². The zero-order chi connectivity index (χ0) is 21.8. The highest BCUT2D eigenvalue weighted by Crippen LogP contribution is 2.32. The smallest absolute Gasteiger partial charge is 0.289 e. The number of aromatic nitrogens is 2. The van der Waals surface area contributed by atoms with Gasteiger partial charge in [-0.15, -0.1) is 0 Å². The molecule has 0 bridgehead atoms. The Bertz CT molecular complexity index is 1280. The highest BCUT2D eigenvalue weighted by molar-refractivity contribution is 6.33. The molecular weight excluding hydrogens is 422 g/mol. The normalized spacial score (nSPS) is 11.0. The Balaban J connectivity index is 1.41. The maximum absolute atomic E-state index is 12.2. The number of nitrogens with zero attached hydrogens (tertiary/aromatic N) is 3. The Kier molecular flexibility index (Phi) is 5.59. The molecule has 4 aromatic rings. The number of furan rings is 1. The molecule has 2 heterocycles. The molecule has 9 nitrogen and oxygen atoms in total. The van der Waals surface area contributed by atoms with Crippen molar-refractivity contribution < 1.29 is 14.1 Å². The average molecular weight is 436 g/mol. The topological polar surface area (TPSA) is 126 Å². The molecule has 2 aromatic carbocycles. The highest BCUT2D eigenvalue weighted by Gasteiger charge is 2.14. The summed E-state index contributed by atoms with van der Waals surface area (Å²) >= 11 is 6.11. The van der Waals surface area contributed by atoms with E-state index < -0.39 is 10.8 Å². The molecule has 0 atom stereocenters. The maximum atomic E-state index is 12.2. The molecule has 4 rings (SSSR count). The van der Waals surface area contributed by atoms with Crippen LogP contribution in [-0.4, -0.2) is 27.2 Å². The minimum absolute atomic E-state index is 0.112. The number of benzene rings is 2. The summed E-state index contributed by atoms with van der Waals surface area (Å²) in [5.74, 6) is 0.309. The van der Waals surface area contributed by atoms with E-state index in [1.807, 2.05) is 30.3 Å². The van der Waals surface area contributed by atoms with E-state index >= 15 is 0 Å². The molecule has 0 unspecified atom stereocenters. The lowest BCUT2D eigenvalue weighted by molar-refractivity contribution is -0.384. The lowest BCUT2D eigenvalue weighted by atomic mass is 10.1. The first kappa shape index (κ1) is 20.0. The predicted molar refractivity (Wildman–Crippen MR) is 115 cm³/mol. The van der Waals surface area contributed by atoms with E-state index in [1.165, 1.54) is 24.4 Å². The van der Waals surface area contributed by atoms with Crippen molar-refractivity contribution in [2.75, 3.05) is 0 Å². The van der Waals surface area contributed by atoms with Crippen LogP contribution in [0.4, 0.5) is 5.69 Å². The fourth-order valence-electron chi connectivity index (χ4n) is 2.79. The first-order valence-corrected chi connectivity index (χ1v) is 9.37. The molecule has 0 saturated heterocycles. The predicted octanol–water partition coefficient (Wildman–Crippen LogP) is 4.66. The van der Waals surface area contributed by atoms with E-state index in [2.05, 4.69) is 20.7 Å². The molecule has 154 valence electrons. The molecule has 1 amide bonds. The lowest BCUT2D eigenvalue weighted by Gasteiger charge is -2.00. The number of halogens is 1. The summed E-state index contributed by atoms with van der Waals surface area (Å²) < 4.78 is 5.63. The second-order valence-corrected chi connectivity index (χ2v) is 6.76. The number of H-pyrrole nitrogens is 1. The van der Waals surface area contributed by atoms with Crippen molar-refractivity contribution in [3.05, 3.63) is 93.3 Å². The summed E-state index contributed by atoms with van der Waals surface area (Å²) in [6, 6.07) is 18.5.